The molecule has 0 spiro atoms. The quantitative estimate of drug-likeness (QED) is 0.844. The molecule has 5 heteroatoms. The molecule has 1 saturated carbocycles. The Labute approximate surface area is 126 Å². The minimum atomic E-state index is -0.0951. The largest absolute Gasteiger partial charge is 0.484 e. The Hall–Kier alpha value is -1.26. The lowest BCUT2D eigenvalue weighted by Gasteiger charge is -2.16. The van der Waals surface area contributed by atoms with Gasteiger partial charge >= 0.3 is 0 Å². The van der Waals surface area contributed by atoms with Crippen molar-refractivity contribution in [3.63, 3.8) is 0 Å². The molecule has 0 aromatic heterocycles. The minimum absolute atomic E-state index is 0. The summed E-state index contributed by atoms with van der Waals surface area (Å²) in [5, 5.41) is 2.94. The number of hydrogen-bond acceptors (Lipinski definition) is 3. The zero-order valence-electron chi connectivity index (χ0n) is 12.0. The SMILES string of the molecule is Cc1ccc(OCC(=O)NC(CN)C2CC2)c(C)c1.Cl. The molecule has 1 aliphatic rings. The van der Waals surface area contributed by atoms with Gasteiger partial charge in [-0.25, -0.2) is 0 Å². The van der Waals surface area contributed by atoms with E-state index < -0.39 is 0 Å². The Morgan fingerprint density at radius 2 is 2.15 bits per heavy atom. The van der Waals surface area contributed by atoms with Gasteiger partial charge in [0.05, 0.1) is 0 Å². The second kappa shape index (κ2) is 7.50. The average Bonchev–Trinajstić information content (AvgIpc) is 3.19. The first-order chi connectivity index (χ1) is 9.10. The summed E-state index contributed by atoms with van der Waals surface area (Å²) in [6.07, 6.45) is 2.33. The lowest BCUT2D eigenvalue weighted by molar-refractivity contribution is -0.123. The Kier molecular flexibility index (Phi) is 6.30. The van der Waals surface area contributed by atoms with Crippen LogP contribution in [0.1, 0.15) is 24.0 Å². The highest BCUT2D eigenvalue weighted by Gasteiger charge is 2.31. The number of carbonyl (C=O) groups is 1. The summed E-state index contributed by atoms with van der Waals surface area (Å²) in [7, 11) is 0. The summed E-state index contributed by atoms with van der Waals surface area (Å²) in [5.41, 5.74) is 7.89. The third-order valence-electron chi connectivity index (χ3n) is 3.48. The summed E-state index contributed by atoms with van der Waals surface area (Å²) in [4.78, 5) is 11.8. The average molecular weight is 299 g/mol. The third kappa shape index (κ3) is 4.69. The molecule has 3 N–H and O–H groups in total. The molecule has 1 aromatic rings. The molecule has 0 aliphatic heterocycles. The Morgan fingerprint density at radius 3 is 2.70 bits per heavy atom. The Morgan fingerprint density at radius 1 is 1.45 bits per heavy atom. The molecule has 1 aliphatic carbocycles. The number of hydrogen-bond donors (Lipinski definition) is 2. The van der Waals surface area contributed by atoms with Crippen LogP contribution in [0.4, 0.5) is 0 Å². The van der Waals surface area contributed by atoms with Crippen LogP contribution in [0, 0.1) is 19.8 Å². The van der Waals surface area contributed by atoms with Gasteiger partial charge in [0.1, 0.15) is 5.75 Å². The zero-order chi connectivity index (χ0) is 13.8. The predicted octanol–water partition coefficient (Wildman–Crippen LogP) is 1.96. The van der Waals surface area contributed by atoms with Crippen molar-refractivity contribution in [2.75, 3.05) is 13.2 Å². The van der Waals surface area contributed by atoms with Crippen LogP contribution in [0.15, 0.2) is 18.2 Å². The van der Waals surface area contributed by atoms with Crippen LogP contribution in [-0.4, -0.2) is 25.1 Å². The molecule has 0 heterocycles. The van der Waals surface area contributed by atoms with E-state index in [2.05, 4.69) is 5.32 Å². The van der Waals surface area contributed by atoms with Crippen LogP contribution in [0.2, 0.25) is 0 Å². The molecule has 0 radical (unpaired) electrons. The van der Waals surface area contributed by atoms with Gasteiger partial charge in [0.25, 0.3) is 5.91 Å². The van der Waals surface area contributed by atoms with Crippen molar-refractivity contribution in [1.29, 1.82) is 0 Å². The van der Waals surface area contributed by atoms with Crippen LogP contribution in [0.5, 0.6) is 5.75 Å². The number of nitrogens with one attached hydrogen (secondary N) is 1. The lowest BCUT2D eigenvalue weighted by Crippen LogP contribution is -2.43. The maximum atomic E-state index is 11.8. The van der Waals surface area contributed by atoms with Crippen LogP contribution >= 0.6 is 12.4 Å². The van der Waals surface area contributed by atoms with Gasteiger partial charge in [-0.1, -0.05) is 17.7 Å². The highest BCUT2D eigenvalue weighted by molar-refractivity contribution is 5.85. The summed E-state index contributed by atoms with van der Waals surface area (Å²) in [6.45, 7) is 4.56. The van der Waals surface area contributed by atoms with Crippen LogP contribution in [-0.2, 0) is 4.79 Å². The molecule has 4 nitrogen and oxygen atoms in total. The molecule has 1 amide bonds. The molecule has 0 saturated heterocycles. The van der Waals surface area contributed by atoms with E-state index >= 15 is 0 Å². The van der Waals surface area contributed by atoms with Gasteiger partial charge in [-0.05, 0) is 44.2 Å². The standard InChI is InChI=1S/C15H22N2O2.ClH/c1-10-3-6-14(11(2)7-10)19-9-15(18)17-13(8-16)12-4-5-12;/h3,6-7,12-13H,4-5,8-9,16H2,1-2H3,(H,17,18);1H. The van der Waals surface area contributed by atoms with Crippen molar-refractivity contribution >= 4 is 18.3 Å². The number of ether oxygens (including phenoxy) is 1. The van der Waals surface area contributed by atoms with E-state index in [-0.39, 0.29) is 31.0 Å². The molecule has 1 unspecified atom stereocenters. The number of benzene rings is 1. The molecular formula is C15H23ClN2O2. The normalized spacial score (nSPS) is 15.2. The van der Waals surface area contributed by atoms with Crippen molar-refractivity contribution in [1.82, 2.24) is 5.32 Å². The maximum absolute atomic E-state index is 11.8. The molecule has 1 aromatic carbocycles. The summed E-state index contributed by atoms with van der Waals surface area (Å²) in [6, 6.07) is 6.03. The van der Waals surface area contributed by atoms with E-state index in [1.807, 2.05) is 32.0 Å². The number of amides is 1. The van der Waals surface area contributed by atoms with Gasteiger partial charge < -0.3 is 15.8 Å². The molecule has 0 bridgehead atoms. The topological polar surface area (TPSA) is 64.3 Å². The molecule has 1 atom stereocenters. The Balaban J connectivity index is 0.00000200. The maximum Gasteiger partial charge on any atom is 0.258 e. The first kappa shape index (κ1) is 16.8. The first-order valence-corrected chi connectivity index (χ1v) is 6.79. The second-order valence-corrected chi connectivity index (χ2v) is 5.30. The molecular weight excluding hydrogens is 276 g/mol. The van der Waals surface area contributed by atoms with Crippen LogP contribution in [0.3, 0.4) is 0 Å². The fourth-order valence-electron chi connectivity index (χ4n) is 2.22. The zero-order valence-corrected chi connectivity index (χ0v) is 12.8. The van der Waals surface area contributed by atoms with E-state index in [1.165, 1.54) is 18.4 Å². The Bertz CT molecular complexity index is 461. The smallest absolute Gasteiger partial charge is 0.258 e. The van der Waals surface area contributed by atoms with E-state index in [9.17, 15) is 4.79 Å². The highest BCUT2D eigenvalue weighted by atomic mass is 35.5. The molecule has 20 heavy (non-hydrogen) atoms. The van der Waals surface area contributed by atoms with Gasteiger partial charge in [0.2, 0.25) is 0 Å². The number of aryl methyl sites for hydroxylation is 2. The molecule has 2 rings (SSSR count). The van der Waals surface area contributed by atoms with Crippen molar-refractivity contribution in [3.05, 3.63) is 29.3 Å². The van der Waals surface area contributed by atoms with Crippen molar-refractivity contribution < 1.29 is 9.53 Å². The second-order valence-electron chi connectivity index (χ2n) is 5.30. The lowest BCUT2D eigenvalue weighted by atomic mass is 10.1. The number of halogens is 1. The first-order valence-electron chi connectivity index (χ1n) is 6.79. The summed E-state index contributed by atoms with van der Waals surface area (Å²) >= 11 is 0. The minimum Gasteiger partial charge on any atom is -0.484 e. The van der Waals surface area contributed by atoms with Crippen LogP contribution in [0.25, 0.3) is 0 Å². The summed E-state index contributed by atoms with van der Waals surface area (Å²) < 4.78 is 5.55. The number of carbonyl (C=O) groups excluding carboxylic acids is 1. The van der Waals surface area contributed by atoms with Crippen molar-refractivity contribution in [2.45, 2.75) is 32.7 Å². The van der Waals surface area contributed by atoms with E-state index in [0.717, 1.165) is 11.3 Å². The fraction of sp³-hybridized carbons (Fsp3) is 0.533. The van der Waals surface area contributed by atoms with Crippen LogP contribution < -0.4 is 15.8 Å². The van der Waals surface area contributed by atoms with E-state index in [1.54, 1.807) is 0 Å². The predicted molar refractivity (Wildman–Crippen MR) is 82.4 cm³/mol. The van der Waals surface area contributed by atoms with E-state index in [0.29, 0.717) is 12.5 Å². The third-order valence-corrected chi connectivity index (χ3v) is 3.48. The van der Waals surface area contributed by atoms with Crippen molar-refractivity contribution in [2.24, 2.45) is 11.7 Å². The number of rotatable bonds is 6. The van der Waals surface area contributed by atoms with Gasteiger partial charge in [-0.3, -0.25) is 4.79 Å². The van der Waals surface area contributed by atoms with Gasteiger partial charge in [-0.2, -0.15) is 0 Å². The number of nitrogens with two attached hydrogens (primary N) is 1. The fourth-order valence-corrected chi connectivity index (χ4v) is 2.22. The monoisotopic (exact) mass is 298 g/mol. The molecule has 112 valence electrons. The van der Waals surface area contributed by atoms with Crippen molar-refractivity contribution in [3.8, 4) is 5.75 Å². The van der Waals surface area contributed by atoms with Gasteiger partial charge in [0, 0.05) is 12.6 Å². The molecule has 1 fully saturated rings. The van der Waals surface area contributed by atoms with E-state index in [4.69, 9.17) is 10.5 Å². The highest BCUT2D eigenvalue weighted by Crippen LogP contribution is 2.32. The summed E-state index contributed by atoms with van der Waals surface area (Å²) in [5.74, 6) is 1.23. The van der Waals surface area contributed by atoms with Gasteiger partial charge in [0.15, 0.2) is 6.61 Å². The van der Waals surface area contributed by atoms with Gasteiger partial charge in [-0.15, -0.1) is 12.4 Å².